The van der Waals surface area contributed by atoms with Gasteiger partial charge in [-0.25, -0.2) is 0 Å². The first-order valence-corrected chi connectivity index (χ1v) is 8.14. The van der Waals surface area contributed by atoms with E-state index >= 15 is 0 Å². The number of anilines is 1. The molecule has 0 saturated heterocycles. The highest BCUT2D eigenvalue weighted by molar-refractivity contribution is 5.95. The molecule has 4 heteroatoms. The van der Waals surface area contributed by atoms with Crippen LogP contribution in [0.3, 0.4) is 0 Å². The Kier molecular flexibility index (Phi) is 4.27. The summed E-state index contributed by atoms with van der Waals surface area (Å²) in [5.74, 6) is 0.241. The minimum Gasteiger partial charge on any atom is -0.326 e. The molecule has 2 aromatic rings. The number of fused-ring (bicyclic) bond motifs is 1. The topological polar surface area (TPSA) is 62.0 Å². The summed E-state index contributed by atoms with van der Waals surface area (Å²) in [4.78, 5) is 26.8. The monoisotopic (exact) mass is 298 g/mol. The Labute approximate surface area is 129 Å². The number of amides is 1. The summed E-state index contributed by atoms with van der Waals surface area (Å²) >= 11 is 0. The Morgan fingerprint density at radius 3 is 2.77 bits per heavy atom. The maximum absolute atomic E-state index is 12.2. The van der Waals surface area contributed by atoms with E-state index in [2.05, 4.69) is 17.2 Å². The molecule has 0 spiro atoms. The smallest absolute Gasteiger partial charge is 0.248 e. The van der Waals surface area contributed by atoms with Crippen molar-refractivity contribution in [3.8, 4) is 0 Å². The minimum atomic E-state index is -0.0878. The van der Waals surface area contributed by atoms with E-state index in [0.717, 1.165) is 60.7 Å². The van der Waals surface area contributed by atoms with Gasteiger partial charge in [0.15, 0.2) is 0 Å². The second-order valence-electron chi connectivity index (χ2n) is 6.14. The molecule has 0 aliphatic heterocycles. The predicted molar refractivity (Wildman–Crippen MR) is 89.2 cm³/mol. The van der Waals surface area contributed by atoms with E-state index in [1.54, 1.807) is 6.07 Å². The molecular weight excluding hydrogens is 276 g/mol. The van der Waals surface area contributed by atoms with Crippen molar-refractivity contribution in [3.63, 3.8) is 0 Å². The number of aromatic nitrogens is 1. The molecule has 116 valence electrons. The molecule has 22 heavy (non-hydrogen) atoms. The molecule has 4 nitrogen and oxygen atoms in total. The van der Waals surface area contributed by atoms with Crippen LogP contribution in [-0.2, 0) is 11.2 Å². The Morgan fingerprint density at radius 1 is 1.27 bits per heavy atom. The Hall–Kier alpha value is -2.10. The summed E-state index contributed by atoms with van der Waals surface area (Å²) in [5, 5.41) is 4.04. The van der Waals surface area contributed by atoms with Gasteiger partial charge in [0.25, 0.3) is 0 Å². The molecule has 1 saturated carbocycles. The maximum Gasteiger partial charge on any atom is 0.248 e. The molecule has 1 amide bonds. The first-order chi connectivity index (χ1) is 10.7. The highest BCUT2D eigenvalue weighted by Gasteiger charge is 2.22. The van der Waals surface area contributed by atoms with Crippen LogP contribution in [0, 0.1) is 5.92 Å². The number of carbonyl (C=O) groups excluding carboxylic acids is 1. The molecule has 0 unspecified atom stereocenters. The van der Waals surface area contributed by atoms with E-state index in [9.17, 15) is 9.59 Å². The second-order valence-corrected chi connectivity index (χ2v) is 6.14. The number of pyridine rings is 1. The molecule has 1 aromatic heterocycles. The molecule has 1 aliphatic rings. The number of rotatable bonds is 4. The quantitative estimate of drug-likeness (QED) is 0.905. The molecule has 0 radical (unpaired) electrons. The first kappa shape index (κ1) is 14.8. The van der Waals surface area contributed by atoms with Gasteiger partial charge in [-0.15, -0.1) is 0 Å². The van der Waals surface area contributed by atoms with Crippen molar-refractivity contribution >= 4 is 22.5 Å². The van der Waals surface area contributed by atoms with Gasteiger partial charge in [-0.3, -0.25) is 9.59 Å². The van der Waals surface area contributed by atoms with Crippen LogP contribution in [0.15, 0.2) is 29.1 Å². The van der Waals surface area contributed by atoms with Gasteiger partial charge in [-0.1, -0.05) is 32.3 Å². The summed E-state index contributed by atoms with van der Waals surface area (Å²) in [5.41, 5.74) is 2.53. The van der Waals surface area contributed by atoms with Crippen LogP contribution in [-0.4, -0.2) is 10.9 Å². The largest absolute Gasteiger partial charge is 0.326 e. The van der Waals surface area contributed by atoms with Gasteiger partial charge in [0.2, 0.25) is 11.5 Å². The molecule has 1 aliphatic carbocycles. The number of benzene rings is 1. The van der Waals surface area contributed by atoms with E-state index in [1.165, 1.54) is 0 Å². The molecule has 1 aromatic carbocycles. The summed E-state index contributed by atoms with van der Waals surface area (Å²) < 4.78 is 0. The van der Waals surface area contributed by atoms with Crippen LogP contribution >= 0.6 is 0 Å². The maximum atomic E-state index is 12.2. The molecule has 1 fully saturated rings. The number of H-pyrrole nitrogens is 1. The van der Waals surface area contributed by atoms with Crippen LogP contribution in [0.4, 0.5) is 5.69 Å². The van der Waals surface area contributed by atoms with Gasteiger partial charge in [0, 0.05) is 23.1 Å². The lowest BCUT2D eigenvalue weighted by Crippen LogP contribution is -2.20. The van der Waals surface area contributed by atoms with Gasteiger partial charge in [-0.05, 0) is 37.0 Å². The van der Waals surface area contributed by atoms with Crippen LogP contribution in [0.1, 0.15) is 44.6 Å². The molecule has 0 atom stereocenters. The van der Waals surface area contributed by atoms with Crippen molar-refractivity contribution in [1.82, 2.24) is 4.98 Å². The number of hydrogen-bond donors (Lipinski definition) is 2. The standard InChI is InChI=1S/C18H22N2O2/c1-2-5-13-10-17(21)20-16-11-14(8-9-15(13)16)19-18(22)12-6-3-4-7-12/h8-12H,2-7H2,1H3,(H,19,22)(H,20,21). The fourth-order valence-corrected chi connectivity index (χ4v) is 3.32. The van der Waals surface area contributed by atoms with Crippen LogP contribution in [0.2, 0.25) is 0 Å². The van der Waals surface area contributed by atoms with Crippen LogP contribution in [0.5, 0.6) is 0 Å². The third-order valence-corrected chi connectivity index (χ3v) is 4.44. The second kappa shape index (κ2) is 6.34. The van der Waals surface area contributed by atoms with E-state index in [-0.39, 0.29) is 17.4 Å². The van der Waals surface area contributed by atoms with Crippen molar-refractivity contribution in [2.45, 2.75) is 45.4 Å². The Morgan fingerprint density at radius 2 is 2.05 bits per heavy atom. The zero-order valence-electron chi connectivity index (χ0n) is 12.9. The SMILES string of the molecule is CCCc1cc(=O)[nH]c2cc(NC(=O)C3CCCC3)ccc12. The summed E-state index contributed by atoms with van der Waals surface area (Å²) in [7, 11) is 0. The van der Waals surface area contributed by atoms with Gasteiger partial charge in [0.1, 0.15) is 0 Å². The molecule has 3 rings (SSSR count). The highest BCUT2D eigenvalue weighted by Crippen LogP contribution is 2.27. The zero-order valence-corrected chi connectivity index (χ0v) is 12.9. The van der Waals surface area contributed by atoms with Crippen LogP contribution in [0.25, 0.3) is 10.9 Å². The average molecular weight is 298 g/mol. The van der Waals surface area contributed by atoms with Crippen molar-refractivity contribution in [2.24, 2.45) is 5.92 Å². The predicted octanol–water partition coefficient (Wildman–Crippen LogP) is 3.61. The minimum absolute atomic E-state index is 0.0878. The molecular formula is C18H22N2O2. The van der Waals surface area contributed by atoms with Crippen molar-refractivity contribution < 1.29 is 4.79 Å². The molecule has 1 heterocycles. The normalized spacial score (nSPS) is 15.3. The zero-order chi connectivity index (χ0) is 15.5. The third kappa shape index (κ3) is 3.06. The number of aromatic amines is 1. The number of carbonyl (C=O) groups is 1. The van der Waals surface area contributed by atoms with Crippen molar-refractivity contribution in [1.29, 1.82) is 0 Å². The summed E-state index contributed by atoms with van der Waals surface area (Å²) in [6, 6.07) is 7.44. The van der Waals surface area contributed by atoms with Gasteiger partial charge >= 0.3 is 0 Å². The Balaban J connectivity index is 1.89. The first-order valence-electron chi connectivity index (χ1n) is 8.14. The van der Waals surface area contributed by atoms with E-state index < -0.39 is 0 Å². The fourth-order valence-electron chi connectivity index (χ4n) is 3.32. The molecule has 2 N–H and O–H groups in total. The number of nitrogens with one attached hydrogen (secondary N) is 2. The lowest BCUT2D eigenvalue weighted by molar-refractivity contribution is -0.119. The lowest BCUT2D eigenvalue weighted by Gasteiger charge is -2.12. The summed E-state index contributed by atoms with van der Waals surface area (Å²) in [6.07, 6.45) is 6.13. The van der Waals surface area contributed by atoms with E-state index in [1.807, 2.05) is 18.2 Å². The van der Waals surface area contributed by atoms with E-state index in [4.69, 9.17) is 0 Å². The Bertz CT molecular complexity index is 742. The van der Waals surface area contributed by atoms with Gasteiger partial charge in [-0.2, -0.15) is 0 Å². The number of hydrogen-bond acceptors (Lipinski definition) is 2. The fraction of sp³-hybridized carbons (Fsp3) is 0.444. The van der Waals surface area contributed by atoms with Crippen molar-refractivity contribution in [3.05, 3.63) is 40.2 Å². The van der Waals surface area contributed by atoms with Gasteiger partial charge in [0.05, 0.1) is 5.52 Å². The average Bonchev–Trinajstić information content (AvgIpc) is 3.01. The highest BCUT2D eigenvalue weighted by atomic mass is 16.2. The van der Waals surface area contributed by atoms with Gasteiger partial charge < -0.3 is 10.3 Å². The van der Waals surface area contributed by atoms with Crippen LogP contribution < -0.4 is 10.9 Å². The third-order valence-electron chi connectivity index (χ3n) is 4.44. The molecule has 0 bridgehead atoms. The lowest BCUT2D eigenvalue weighted by atomic mass is 10.0. The summed E-state index contributed by atoms with van der Waals surface area (Å²) in [6.45, 7) is 2.10. The number of aryl methyl sites for hydroxylation is 1. The van der Waals surface area contributed by atoms with E-state index in [0.29, 0.717) is 0 Å². The van der Waals surface area contributed by atoms with Crippen molar-refractivity contribution in [2.75, 3.05) is 5.32 Å².